The standard InChI is InChI=1S/C23H23NO4/c1-14-20(25)17-10-6-11-18(23(26)24-15(2)19-12-7-13-27-19)22(17)28-21(14)16-8-4-3-5-9-16/h3-6,8-11,15,19H,7,12-13H2,1-2H3,(H,24,26)/t15-,19+/m0/s1. The zero-order valence-electron chi connectivity index (χ0n) is 16.0. The fourth-order valence-electron chi connectivity index (χ4n) is 3.73. The van der Waals surface area contributed by atoms with E-state index in [1.54, 1.807) is 25.1 Å². The van der Waals surface area contributed by atoms with Crippen molar-refractivity contribution >= 4 is 16.9 Å². The zero-order valence-corrected chi connectivity index (χ0v) is 16.0. The van der Waals surface area contributed by atoms with Gasteiger partial charge in [0.2, 0.25) is 0 Å². The molecule has 0 spiro atoms. The van der Waals surface area contributed by atoms with Gasteiger partial charge < -0.3 is 14.5 Å². The van der Waals surface area contributed by atoms with E-state index >= 15 is 0 Å². The minimum atomic E-state index is -0.264. The van der Waals surface area contributed by atoms with Crippen molar-refractivity contribution in [2.75, 3.05) is 6.61 Å². The number of hydrogen-bond donors (Lipinski definition) is 1. The molecule has 5 heteroatoms. The Morgan fingerprint density at radius 3 is 2.64 bits per heavy atom. The highest BCUT2D eigenvalue weighted by Gasteiger charge is 2.25. The number of ether oxygens (including phenoxy) is 1. The number of carbonyl (C=O) groups is 1. The van der Waals surface area contributed by atoms with Crippen molar-refractivity contribution in [3.63, 3.8) is 0 Å². The van der Waals surface area contributed by atoms with Gasteiger partial charge in [0.1, 0.15) is 5.76 Å². The molecule has 1 fully saturated rings. The van der Waals surface area contributed by atoms with E-state index in [1.807, 2.05) is 37.3 Å². The molecule has 1 aromatic heterocycles. The predicted octanol–water partition coefficient (Wildman–Crippen LogP) is 4.07. The van der Waals surface area contributed by atoms with E-state index in [2.05, 4.69) is 5.32 Å². The minimum Gasteiger partial charge on any atom is -0.455 e. The second-order valence-electron chi connectivity index (χ2n) is 7.25. The summed E-state index contributed by atoms with van der Waals surface area (Å²) in [5.41, 5.74) is 1.89. The van der Waals surface area contributed by atoms with E-state index in [4.69, 9.17) is 9.15 Å². The molecule has 4 rings (SSSR count). The van der Waals surface area contributed by atoms with E-state index in [-0.39, 0.29) is 23.5 Å². The Kier molecular flexibility index (Phi) is 5.01. The summed E-state index contributed by atoms with van der Waals surface area (Å²) in [6, 6.07) is 14.4. The molecule has 1 N–H and O–H groups in total. The molecule has 2 aromatic carbocycles. The molecule has 1 aliphatic heterocycles. The Hall–Kier alpha value is -2.92. The maximum Gasteiger partial charge on any atom is 0.255 e. The summed E-state index contributed by atoms with van der Waals surface area (Å²) in [7, 11) is 0. The quantitative estimate of drug-likeness (QED) is 0.744. The highest BCUT2D eigenvalue weighted by molar-refractivity contribution is 6.05. The van der Waals surface area contributed by atoms with Crippen molar-refractivity contribution in [1.29, 1.82) is 0 Å². The predicted molar refractivity (Wildman–Crippen MR) is 109 cm³/mol. The Balaban J connectivity index is 1.77. The molecule has 0 aliphatic carbocycles. The van der Waals surface area contributed by atoms with Gasteiger partial charge in [0.25, 0.3) is 5.91 Å². The third kappa shape index (κ3) is 3.34. The summed E-state index contributed by atoms with van der Waals surface area (Å²) in [6.07, 6.45) is 1.96. The molecule has 28 heavy (non-hydrogen) atoms. The van der Waals surface area contributed by atoms with E-state index in [1.165, 1.54) is 0 Å². The van der Waals surface area contributed by atoms with E-state index < -0.39 is 0 Å². The van der Waals surface area contributed by atoms with Crippen LogP contribution in [0.3, 0.4) is 0 Å². The number of nitrogens with one attached hydrogen (secondary N) is 1. The molecular formula is C23H23NO4. The van der Waals surface area contributed by atoms with Crippen LogP contribution < -0.4 is 10.7 Å². The van der Waals surface area contributed by atoms with Crippen LogP contribution in [0.4, 0.5) is 0 Å². The Morgan fingerprint density at radius 1 is 1.14 bits per heavy atom. The van der Waals surface area contributed by atoms with Crippen molar-refractivity contribution < 1.29 is 13.9 Å². The number of benzene rings is 2. The van der Waals surface area contributed by atoms with Crippen LogP contribution >= 0.6 is 0 Å². The lowest BCUT2D eigenvalue weighted by atomic mass is 10.0. The van der Waals surface area contributed by atoms with Crippen LogP contribution in [0.5, 0.6) is 0 Å². The topological polar surface area (TPSA) is 68.5 Å². The van der Waals surface area contributed by atoms with Gasteiger partial charge >= 0.3 is 0 Å². The molecular weight excluding hydrogens is 354 g/mol. The molecule has 0 radical (unpaired) electrons. The summed E-state index contributed by atoms with van der Waals surface area (Å²) >= 11 is 0. The summed E-state index contributed by atoms with van der Waals surface area (Å²) < 4.78 is 11.8. The van der Waals surface area contributed by atoms with E-state index in [9.17, 15) is 9.59 Å². The lowest BCUT2D eigenvalue weighted by Crippen LogP contribution is -2.40. The summed E-state index contributed by atoms with van der Waals surface area (Å²) in [6.45, 7) is 4.42. The van der Waals surface area contributed by atoms with Crippen molar-refractivity contribution in [2.24, 2.45) is 0 Å². The largest absolute Gasteiger partial charge is 0.455 e. The summed E-state index contributed by atoms with van der Waals surface area (Å²) in [5.74, 6) is 0.227. The van der Waals surface area contributed by atoms with Crippen molar-refractivity contribution in [3.05, 3.63) is 69.9 Å². The first-order valence-electron chi connectivity index (χ1n) is 9.60. The molecule has 2 heterocycles. The fraction of sp³-hybridized carbons (Fsp3) is 0.304. The van der Waals surface area contributed by atoms with Crippen LogP contribution in [0.25, 0.3) is 22.3 Å². The third-order valence-corrected chi connectivity index (χ3v) is 5.31. The van der Waals surface area contributed by atoms with E-state index in [0.717, 1.165) is 25.0 Å². The number of carbonyl (C=O) groups excluding carboxylic acids is 1. The van der Waals surface area contributed by atoms with Gasteiger partial charge in [-0.1, -0.05) is 36.4 Å². The van der Waals surface area contributed by atoms with Crippen LogP contribution in [0, 0.1) is 6.92 Å². The normalized spacial score (nSPS) is 17.6. The maximum absolute atomic E-state index is 12.9. The molecule has 3 aromatic rings. The summed E-state index contributed by atoms with van der Waals surface area (Å²) in [5, 5.41) is 3.41. The van der Waals surface area contributed by atoms with Crippen molar-refractivity contribution in [1.82, 2.24) is 5.32 Å². The van der Waals surface area contributed by atoms with Crippen LogP contribution in [-0.2, 0) is 4.74 Å². The van der Waals surface area contributed by atoms with Crippen molar-refractivity contribution in [3.8, 4) is 11.3 Å². The second kappa shape index (κ2) is 7.60. The Morgan fingerprint density at radius 2 is 1.93 bits per heavy atom. The molecule has 2 atom stereocenters. The van der Waals surface area contributed by atoms with Crippen LogP contribution in [0.15, 0.2) is 57.7 Å². The van der Waals surface area contributed by atoms with Gasteiger partial charge in [-0.25, -0.2) is 0 Å². The first-order valence-corrected chi connectivity index (χ1v) is 9.60. The maximum atomic E-state index is 12.9. The van der Waals surface area contributed by atoms with Crippen LogP contribution in [0.1, 0.15) is 35.7 Å². The average molecular weight is 377 g/mol. The molecule has 0 unspecified atom stereocenters. The zero-order chi connectivity index (χ0) is 19.7. The van der Waals surface area contributed by atoms with Gasteiger partial charge in [0.15, 0.2) is 11.0 Å². The smallest absolute Gasteiger partial charge is 0.255 e. The van der Waals surface area contributed by atoms with Gasteiger partial charge in [-0.3, -0.25) is 9.59 Å². The number of rotatable bonds is 4. The molecule has 5 nitrogen and oxygen atoms in total. The lowest BCUT2D eigenvalue weighted by molar-refractivity contribution is 0.0712. The Bertz CT molecular complexity index is 1070. The number of amides is 1. The second-order valence-corrected chi connectivity index (χ2v) is 7.25. The van der Waals surface area contributed by atoms with Gasteiger partial charge in [-0.05, 0) is 38.8 Å². The number of para-hydroxylation sites is 1. The molecule has 1 amide bonds. The van der Waals surface area contributed by atoms with Gasteiger partial charge in [-0.2, -0.15) is 0 Å². The third-order valence-electron chi connectivity index (χ3n) is 5.31. The van der Waals surface area contributed by atoms with E-state index in [0.29, 0.717) is 27.9 Å². The van der Waals surface area contributed by atoms with Crippen LogP contribution in [0.2, 0.25) is 0 Å². The van der Waals surface area contributed by atoms with Crippen LogP contribution in [-0.4, -0.2) is 24.7 Å². The number of fused-ring (bicyclic) bond motifs is 1. The average Bonchev–Trinajstić information content (AvgIpc) is 3.26. The fourth-order valence-corrected chi connectivity index (χ4v) is 3.73. The van der Waals surface area contributed by atoms with Crippen molar-refractivity contribution in [2.45, 2.75) is 38.8 Å². The highest BCUT2D eigenvalue weighted by Crippen LogP contribution is 2.27. The first kappa shape index (κ1) is 18.4. The highest BCUT2D eigenvalue weighted by atomic mass is 16.5. The molecule has 144 valence electrons. The Labute approximate surface area is 163 Å². The first-order chi connectivity index (χ1) is 13.6. The SMILES string of the molecule is Cc1c(-c2ccccc2)oc2c(C(=O)N[C@@H](C)[C@H]3CCCO3)cccc2c1=O. The van der Waals surface area contributed by atoms with Gasteiger partial charge in [-0.15, -0.1) is 0 Å². The summed E-state index contributed by atoms with van der Waals surface area (Å²) in [4.78, 5) is 25.9. The molecule has 0 saturated carbocycles. The molecule has 0 bridgehead atoms. The van der Waals surface area contributed by atoms with Gasteiger partial charge in [0.05, 0.1) is 23.1 Å². The molecule has 1 saturated heterocycles. The number of hydrogen-bond acceptors (Lipinski definition) is 4. The minimum absolute atomic E-state index is 0.0214. The lowest BCUT2D eigenvalue weighted by Gasteiger charge is -2.20. The van der Waals surface area contributed by atoms with Gasteiger partial charge in [0, 0.05) is 17.7 Å². The monoisotopic (exact) mass is 377 g/mol. The molecule has 1 aliphatic rings.